The summed E-state index contributed by atoms with van der Waals surface area (Å²) in [6.07, 6.45) is 1.59. The summed E-state index contributed by atoms with van der Waals surface area (Å²) in [4.78, 5) is 25.6. The van der Waals surface area contributed by atoms with E-state index in [1.165, 1.54) is 16.7 Å². The summed E-state index contributed by atoms with van der Waals surface area (Å²) in [5.41, 5.74) is 4.37. The minimum Gasteiger partial charge on any atom is -0.343 e. The molecule has 1 aliphatic rings. The molecule has 6 heteroatoms. The highest BCUT2D eigenvalue weighted by atomic mass is 35.5. The lowest BCUT2D eigenvalue weighted by molar-refractivity contribution is -0.128. The summed E-state index contributed by atoms with van der Waals surface area (Å²) in [7, 11) is 0. The maximum Gasteiger partial charge on any atom is 0.247 e. The third-order valence-electron chi connectivity index (χ3n) is 5.27. The summed E-state index contributed by atoms with van der Waals surface area (Å²) in [6, 6.07) is 15.0. The number of nitrogens with one attached hydrogen (secondary N) is 3. The van der Waals surface area contributed by atoms with Crippen LogP contribution in [-0.4, -0.2) is 23.9 Å². The van der Waals surface area contributed by atoms with Crippen LogP contribution >= 0.6 is 12.4 Å². The van der Waals surface area contributed by atoms with Crippen LogP contribution in [0.5, 0.6) is 0 Å². The Labute approximate surface area is 179 Å². The zero-order valence-corrected chi connectivity index (χ0v) is 18.0. The minimum absolute atomic E-state index is 0. The Balaban J connectivity index is 0.00000300. The van der Waals surface area contributed by atoms with Crippen molar-refractivity contribution < 1.29 is 9.59 Å². The van der Waals surface area contributed by atoms with E-state index in [4.69, 9.17) is 0 Å². The van der Waals surface area contributed by atoms with Gasteiger partial charge in [-0.3, -0.25) is 9.59 Å². The molecule has 2 amide bonds. The summed E-state index contributed by atoms with van der Waals surface area (Å²) in [5.74, 6) is -0.344. The van der Waals surface area contributed by atoms with Crippen LogP contribution in [0.15, 0.2) is 48.5 Å². The third kappa shape index (κ3) is 5.81. The monoisotopic (exact) mass is 415 g/mol. The number of carbonyl (C=O) groups is 2. The first-order valence-corrected chi connectivity index (χ1v) is 9.98. The molecule has 0 saturated heterocycles. The molecule has 3 rings (SSSR count). The Bertz CT molecular complexity index is 836. The first-order chi connectivity index (χ1) is 13.5. The number of rotatable bonds is 6. The molecule has 1 aliphatic heterocycles. The van der Waals surface area contributed by atoms with Crippen LogP contribution < -0.4 is 16.0 Å². The number of hydrogen-bond acceptors (Lipinski definition) is 3. The molecule has 2 aromatic carbocycles. The quantitative estimate of drug-likeness (QED) is 0.676. The van der Waals surface area contributed by atoms with Crippen LogP contribution in [0.2, 0.25) is 0 Å². The topological polar surface area (TPSA) is 70.2 Å². The van der Waals surface area contributed by atoms with Gasteiger partial charge in [0.1, 0.15) is 6.04 Å². The second-order valence-electron chi connectivity index (χ2n) is 7.68. The first-order valence-electron chi connectivity index (χ1n) is 9.98. The van der Waals surface area contributed by atoms with Gasteiger partial charge >= 0.3 is 0 Å². The molecular weight excluding hydrogens is 386 g/mol. The van der Waals surface area contributed by atoms with Crippen molar-refractivity contribution in [3.63, 3.8) is 0 Å². The lowest BCUT2D eigenvalue weighted by Crippen LogP contribution is -2.54. The van der Waals surface area contributed by atoms with Crippen molar-refractivity contribution in [2.75, 3.05) is 5.32 Å². The van der Waals surface area contributed by atoms with E-state index in [0.717, 1.165) is 12.1 Å². The highest BCUT2D eigenvalue weighted by Crippen LogP contribution is 2.17. The molecule has 0 spiro atoms. The number of carbonyl (C=O) groups excluding carboxylic acids is 2. The van der Waals surface area contributed by atoms with Gasteiger partial charge in [0, 0.05) is 12.2 Å². The molecule has 5 nitrogen and oxygen atoms in total. The summed E-state index contributed by atoms with van der Waals surface area (Å²) in [6.45, 7) is 6.63. The van der Waals surface area contributed by atoms with E-state index in [1.807, 2.05) is 50.2 Å². The SMILES string of the molecule is CCc1ccc(NC(=O)[C@@H](NC(=O)[C@@H]2Cc3ccccc3CN2)C(C)C)cc1.Cl. The zero-order chi connectivity index (χ0) is 20.1. The third-order valence-corrected chi connectivity index (χ3v) is 5.27. The van der Waals surface area contributed by atoms with Gasteiger partial charge in [-0.2, -0.15) is 0 Å². The van der Waals surface area contributed by atoms with E-state index in [-0.39, 0.29) is 36.2 Å². The molecule has 0 bridgehead atoms. The van der Waals surface area contributed by atoms with Gasteiger partial charge in [0.25, 0.3) is 0 Å². The fourth-order valence-corrected chi connectivity index (χ4v) is 3.47. The van der Waals surface area contributed by atoms with Crippen molar-refractivity contribution in [3.05, 3.63) is 65.2 Å². The Morgan fingerprint density at radius 2 is 1.72 bits per heavy atom. The summed E-state index contributed by atoms with van der Waals surface area (Å²) >= 11 is 0. The molecule has 29 heavy (non-hydrogen) atoms. The van der Waals surface area contributed by atoms with E-state index in [9.17, 15) is 9.59 Å². The van der Waals surface area contributed by atoms with Crippen LogP contribution in [0.1, 0.15) is 37.5 Å². The van der Waals surface area contributed by atoms with Crippen molar-refractivity contribution in [2.45, 2.75) is 52.2 Å². The number of amides is 2. The molecule has 0 fully saturated rings. The van der Waals surface area contributed by atoms with Gasteiger partial charge in [-0.15, -0.1) is 12.4 Å². The number of anilines is 1. The predicted octanol–water partition coefficient (Wildman–Crippen LogP) is 3.46. The van der Waals surface area contributed by atoms with Gasteiger partial charge in [0.15, 0.2) is 0 Å². The second-order valence-corrected chi connectivity index (χ2v) is 7.68. The van der Waals surface area contributed by atoms with Crippen LogP contribution in [0, 0.1) is 5.92 Å². The van der Waals surface area contributed by atoms with Crippen LogP contribution in [-0.2, 0) is 29.0 Å². The molecule has 2 atom stereocenters. The maximum atomic E-state index is 12.8. The minimum atomic E-state index is -0.586. The van der Waals surface area contributed by atoms with Gasteiger partial charge in [0.05, 0.1) is 6.04 Å². The number of fused-ring (bicyclic) bond motifs is 1. The van der Waals surface area contributed by atoms with E-state index in [2.05, 4.69) is 35.0 Å². The highest BCUT2D eigenvalue weighted by molar-refractivity contribution is 5.98. The molecule has 0 unspecified atom stereocenters. The lowest BCUT2D eigenvalue weighted by atomic mass is 9.94. The first kappa shape index (κ1) is 22.9. The summed E-state index contributed by atoms with van der Waals surface area (Å²) < 4.78 is 0. The van der Waals surface area contributed by atoms with E-state index >= 15 is 0 Å². The molecule has 156 valence electrons. The fraction of sp³-hybridized carbons (Fsp3) is 0.391. The predicted molar refractivity (Wildman–Crippen MR) is 119 cm³/mol. The van der Waals surface area contributed by atoms with Crippen LogP contribution in [0.25, 0.3) is 0 Å². The van der Waals surface area contributed by atoms with Gasteiger partial charge in [-0.05, 0) is 47.6 Å². The van der Waals surface area contributed by atoms with Gasteiger partial charge < -0.3 is 16.0 Å². The van der Waals surface area contributed by atoms with Crippen LogP contribution in [0.4, 0.5) is 5.69 Å². The highest BCUT2D eigenvalue weighted by Gasteiger charge is 2.29. The fourth-order valence-electron chi connectivity index (χ4n) is 3.47. The lowest BCUT2D eigenvalue weighted by Gasteiger charge is -2.28. The van der Waals surface area contributed by atoms with Crippen LogP contribution in [0.3, 0.4) is 0 Å². The number of hydrogen-bond donors (Lipinski definition) is 3. The molecular formula is C23H30ClN3O2. The van der Waals surface area contributed by atoms with Gasteiger partial charge in [-0.25, -0.2) is 0 Å². The van der Waals surface area contributed by atoms with Gasteiger partial charge in [-0.1, -0.05) is 57.2 Å². The van der Waals surface area contributed by atoms with E-state index < -0.39 is 6.04 Å². The number of benzene rings is 2. The smallest absolute Gasteiger partial charge is 0.247 e. The van der Waals surface area contributed by atoms with Gasteiger partial charge in [0.2, 0.25) is 11.8 Å². The van der Waals surface area contributed by atoms with Crippen molar-refractivity contribution in [2.24, 2.45) is 5.92 Å². The average molecular weight is 416 g/mol. The molecule has 0 aliphatic carbocycles. The maximum absolute atomic E-state index is 12.8. The standard InChI is InChI=1S/C23H29N3O2.ClH/c1-4-16-9-11-19(12-10-16)25-23(28)21(15(2)3)26-22(27)20-13-17-7-5-6-8-18(17)14-24-20;/h5-12,15,20-21,24H,4,13-14H2,1-3H3,(H,25,28)(H,26,27);1H/t20-,21-;/m0./s1. The van der Waals surface area contributed by atoms with Crippen molar-refractivity contribution >= 4 is 29.9 Å². The molecule has 1 heterocycles. The number of halogens is 1. The molecule has 3 N–H and O–H groups in total. The molecule has 0 aromatic heterocycles. The Hall–Kier alpha value is -2.37. The van der Waals surface area contributed by atoms with E-state index in [1.54, 1.807) is 0 Å². The van der Waals surface area contributed by atoms with E-state index in [0.29, 0.717) is 13.0 Å². The molecule has 0 saturated carbocycles. The second kappa shape index (κ2) is 10.4. The largest absolute Gasteiger partial charge is 0.343 e. The Morgan fingerprint density at radius 3 is 2.34 bits per heavy atom. The Kier molecular flexibility index (Phi) is 8.23. The number of aryl methyl sites for hydroxylation is 1. The Morgan fingerprint density at radius 1 is 1.07 bits per heavy atom. The van der Waals surface area contributed by atoms with Crippen molar-refractivity contribution in [3.8, 4) is 0 Å². The van der Waals surface area contributed by atoms with Crippen molar-refractivity contribution in [1.29, 1.82) is 0 Å². The average Bonchev–Trinajstić information content (AvgIpc) is 2.71. The normalized spacial score (nSPS) is 16.3. The molecule has 2 aromatic rings. The summed E-state index contributed by atoms with van der Waals surface area (Å²) in [5, 5.41) is 9.15. The van der Waals surface area contributed by atoms with Crippen molar-refractivity contribution in [1.82, 2.24) is 10.6 Å². The zero-order valence-electron chi connectivity index (χ0n) is 17.2. The molecule has 0 radical (unpaired) electrons.